The van der Waals surface area contributed by atoms with Crippen LogP contribution < -0.4 is 5.23 Å². The van der Waals surface area contributed by atoms with Gasteiger partial charge in [-0.2, -0.15) is 0 Å². The second kappa shape index (κ2) is 4.77. The van der Waals surface area contributed by atoms with Gasteiger partial charge in [-0.15, -0.1) is 0 Å². The van der Waals surface area contributed by atoms with Crippen LogP contribution in [0.5, 0.6) is 0 Å². The van der Waals surface area contributed by atoms with E-state index in [2.05, 4.69) is 0 Å². The van der Waals surface area contributed by atoms with Gasteiger partial charge in [0.25, 0.3) is 0 Å². The van der Waals surface area contributed by atoms with Crippen LogP contribution >= 0.6 is 0 Å². The van der Waals surface area contributed by atoms with Crippen molar-refractivity contribution in [2.45, 2.75) is 19.3 Å². The zero-order chi connectivity index (χ0) is 11.4. The molecule has 1 aromatic rings. The van der Waals surface area contributed by atoms with E-state index in [0.29, 0.717) is 12.0 Å². The van der Waals surface area contributed by atoms with Gasteiger partial charge >= 0.3 is 5.97 Å². The topological polar surface area (TPSA) is 83.8 Å². The van der Waals surface area contributed by atoms with Gasteiger partial charge in [-0.3, -0.25) is 10.0 Å². The summed E-state index contributed by atoms with van der Waals surface area (Å²) in [6.07, 6.45) is 0.481. The van der Waals surface area contributed by atoms with Gasteiger partial charge in [-0.05, 0) is 24.1 Å². The van der Waals surface area contributed by atoms with Gasteiger partial charge in [0, 0.05) is 0 Å². The maximum absolute atomic E-state index is 10.8. The fraction of sp³-hybridized carbons (Fsp3) is 0.300. The first kappa shape index (κ1) is 11.5. The molecule has 82 valence electrons. The molecule has 0 fully saturated rings. The van der Waals surface area contributed by atoms with E-state index in [-0.39, 0.29) is 10.9 Å². The van der Waals surface area contributed by atoms with Crippen molar-refractivity contribution in [1.29, 1.82) is 0 Å². The largest absolute Gasteiger partial charge is 0.733 e. The lowest BCUT2D eigenvalue weighted by molar-refractivity contribution is -0.138. The molecule has 0 aromatic heterocycles. The van der Waals surface area contributed by atoms with E-state index in [1.54, 1.807) is 6.92 Å². The summed E-state index contributed by atoms with van der Waals surface area (Å²) < 4.78 is 0. The fourth-order valence-corrected chi connectivity index (χ4v) is 1.39. The Kier molecular flexibility index (Phi) is 3.65. The van der Waals surface area contributed by atoms with Gasteiger partial charge in [0.2, 0.25) is 0 Å². The van der Waals surface area contributed by atoms with Gasteiger partial charge in [0.15, 0.2) is 0 Å². The maximum Gasteiger partial charge on any atom is 0.310 e. The minimum absolute atomic E-state index is 0.0824. The van der Waals surface area contributed by atoms with E-state index in [1.807, 2.05) is 0 Å². The van der Waals surface area contributed by atoms with Crippen LogP contribution in [-0.4, -0.2) is 16.3 Å². The number of carboxylic acids is 1. The number of anilines is 1. The number of rotatable bonds is 4. The first-order valence-electron chi connectivity index (χ1n) is 4.55. The Morgan fingerprint density at radius 1 is 1.47 bits per heavy atom. The molecule has 1 atom stereocenters. The highest BCUT2D eigenvalue weighted by molar-refractivity contribution is 5.76. The Hall–Kier alpha value is -1.59. The average molecular weight is 210 g/mol. The molecule has 1 rings (SSSR count). The molecule has 0 aliphatic heterocycles. The average Bonchev–Trinajstić information content (AvgIpc) is 2.19. The second-order valence-electron chi connectivity index (χ2n) is 3.16. The third-order valence-electron chi connectivity index (χ3n) is 2.22. The predicted octanol–water partition coefficient (Wildman–Crippen LogP) is 1.96. The lowest BCUT2D eigenvalue weighted by Gasteiger charge is -2.22. The van der Waals surface area contributed by atoms with Crippen LogP contribution in [0.3, 0.4) is 0 Å². The smallest absolute Gasteiger partial charge is 0.310 e. The molecule has 0 bridgehead atoms. The van der Waals surface area contributed by atoms with Gasteiger partial charge in [-0.25, -0.2) is 0 Å². The number of carbonyl (C=O) groups is 1. The number of aliphatic carboxylic acids is 1. The Labute approximate surface area is 87.1 Å². The van der Waals surface area contributed by atoms with E-state index in [0.717, 1.165) is 0 Å². The molecule has 0 radical (unpaired) electrons. The summed E-state index contributed by atoms with van der Waals surface area (Å²) in [5, 5.41) is 27.7. The Bertz CT molecular complexity index is 334. The number of nitrogens with zero attached hydrogens (tertiary/aromatic N) is 1. The van der Waals surface area contributed by atoms with Crippen LogP contribution in [-0.2, 0) is 4.79 Å². The van der Waals surface area contributed by atoms with E-state index < -0.39 is 11.9 Å². The van der Waals surface area contributed by atoms with Crippen LogP contribution in [0.4, 0.5) is 5.69 Å². The molecule has 0 saturated heterocycles. The van der Waals surface area contributed by atoms with Gasteiger partial charge in [0.1, 0.15) is 0 Å². The normalized spacial score (nSPS) is 12.2. The predicted molar refractivity (Wildman–Crippen MR) is 54.7 cm³/mol. The minimum Gasteiger partial charge on any atom is -0.733 e. The van der Waals surface area contributed by atoms with Crippen LogP contribution in [0.15, 0.2) is 24.3 Å². The third-order valence-corrected chi connectivity index (χ3v) is 2.22. The highest BCUT2D eigenvalue weighted by Crippen LogP contribution is 2.22. The lowest BCUT2D eigenvalue weighted by atomic mass is 9.97. The number of hydrogen-bond acceptors (Lipinski definition) is 4. The highest BCUT2D eigenvalue weighted by Gasteiger charge is 2.16. The van der Waals surface area contributed by atoms with Crippen molar-refractivity contribution in [3.8, 4) is 0 Å². The molecule has 1 unspecified atom stereocenters. The lowest BCUT2D eigenvalue weighted by Crippen LogP contribution is -2.11. The zero-order valence-corrected chi connectivity index (χ0v) is 8.25. The SMILES string of the molecule is CCC(C(=O)O)c1ccc(N([O-])O)cc1. The molecule has 5 nitrogen and oxygen atoms in total. The molecule has 5 heteroatoms. The second-order valence-corrected chi connectivity index (χ2v) is 3.16. The van der Waals surface area contributed by atoms with Crippen molar-refractivity contribution in [1.82, 2.24) is 0 Å². The molecule has 2 N–H and O–H groups in total. The number of carboxylic acid groups (broad SMARTS) is 1. The van der Waals surface area contributed by atoms with Crippen LogP contribution in [0.1, 0.15) is 24.8 Å². The summed E-state index contributed by atoms with van der Waals surface area (Å²) in [6, 6.07) is 5.82. The molecule has 0 aliphatic carbocycles. The van der Waals surface area contributed by atoms with Crippen molar-refractivity contribution in [2.24, 2.45) is 0 Å². The van der Waals surface area contributed by atoms with Crippen molar-refractivity contribution >= 4 is 11.7 Å². The van der Waals surface area contributed by atoms with Crippen molar-refractivity contribution in [2.75, 3.05) is 5.23 Å². The standard InChI is InChI=1S/C10H12NO4/c1-2-9(10(12)13)7-3-5-8(6-4-7)11(14)15/h3-6,9,14H,2H2,1H3,(H,12,13)/q-1. The molecular weight excluding hydrogens is 198 g/mol. The van der Waals surface area contributed by atoms with Gasteiger partial charge in [-0.1, -0.05) is 19.1 Å². The van der Waals surface area contributed by atoms with E-state index in [9.17, 15) is 10.0 Å². The number of benzene rings is 1. The maximum atomic E-state index is 10.8. The summed E-state index contributed by atoms with van der Waals surface area (Å²) in [5.41, 5.74) is 0.703. The van der Waals surface area contributed by atoms with Crippen LogP contribution in [0.25, 0.3) is 0 Å². The van der Waals surface area contributed by atoms with E-state index >= 15 is 0 Å². The summed E-state index contributed by atoms with van der Waals surface area (Å²) >= 11 is 0. The molecule has 1 aromatic carbocycles. The zero-order valence-electron chi connectivity index (χ0n) is 8.25. The first-order valence-corrected chi connectivity index (χ1v) is 4.55. The fourth-order valence-electron chi connectivity index (χ4n) is 1.39. The molecule has 15 heavy (non-hydrogen) atoms. The first-order chi connectivity index (χ1) is 7.06. The van der Waals surface area contributed by atoms with E-state index in [4.69, 9.17) is 10.3 Å². The Balaban J connectivity index is 2.92. The minimum atomic E-state index is -0.895. The monoisotopic (exact) mass is 210 g/mol. The van der Waals surface area contributed by atoms with Gasteiger partial charge in [0.05, 0.1) is 11.6 Å². The molecule has 0 spiro atoms. The molecular formula is C10H12NO4-. The number of hydrogen-bond donors (Lipinski definition) is 2. The Morgan fingerprint density at radius 2 is 2.00 bits per heavy atom. The van der Waals surface area contributed by atoms with Crippen LogP contribution in [0.2, 0.25) is 0 Å². The summed E-state index contributed by atoms with van der Waals surface area (Å²) in [5.74, 6) is -1.47. The quantitative estimate of drug-likeness (QED) is 0.742. The van der Waals surface area contributed by atoms with Crippen molar-refractivity contribution in [3.63, 3.8) is 0 Å². The van der Waals surface area contributed by atoms with Crippen molar-refractivity contribution in [3.05, 3.63) is 35.0 Å². The van der Waals surface area contributed by atoms with Crippen molar-refractivity contribution < 1.29 is 15.1 Å². The highest BCUT2D eigenvalue weighted by atomic mass is 16.8. The molecule has 0 aliphatic rings. The molecule has 0 heterocycles. The summed E-state index contributed by atoms with van der Waals surface area (Å²) in [4.78, 5) is 10.8. The summed E-state index contributed by atoms with van der Waals surface area (Å²) in [7, 11) is 0. The van der Waals surface area contributed by atoms with Crippen LogP contribution in [0, 0.1) is 5.21 Å². The third kappa shape index (κ3) is 2.68. The van der Waals surface area contributed by atoms with E-state index in [1.165, 1.54) is 24.3 Å². The Morgan fingerprint density at radius 3 is 2.33 bits per heavy atom. The van der Waals surface area contributed by atoms with Gasteiger partial charge < -0.3 is 15.5 Å². The summed E-state index contributed by atoms with van der Waals surface area (Å²) in [6.45, 7) is 1.78. The molecule has 0 saturated carbocycles. The molecule has 0 amide bonds.